The van der Waals surface area contributed by atoms with Crippen molar-refractivity contribution in [2.75, 3.05) is 7.11 Å². The molecule has 3 heteroatoms. The van der Waals surface area contributed by atoms with Crippen LogP contribution >= 0.6 is 0 Å². The van der Waals surface area contributed by atoms with Gasteiger partial charge in [-0.3, -0.25) is 9.59 Å². The molecule has 1 unspecified atom stereocenters. The molecule has 0 amide bonds. The summed E-state index contributed by atoms with van der Waals surface area (Å²) >= 11 is 0. The van der Waals surface area contributed by atoms with Gasteiger partial charge in [0, 0.05) is 5.57 Å². The lowest BCUT2D eigenvalue weighted by atomic mass is 9.82. The van der Waals surface area contributed by atoms with Gasteiger partial charge in [-0.05, 0) is 19.3 Å². The fourth-order valence-electron chi connectivity index (χ4n) is 2.17. The van der Waals surface area contributed by atoms with Crippen LogP contribution in [0.15, 0.2) is 35.5 Å². The normalized spacial score (nSPS) is 24.1. The van der Waals surface area contributed by atoms with Gasteiger partial charge in [-0.1, -0.05) is 29.9 Å². The molecule has 0 aromatic carbocycles. The number of hydrogen-bond donors (Lipinski definition) is 0. The minimum absolute atomic E-state index is 0.0898. The second-order valence-electron chi connectivity index (χ2n) is 3.99. The van der Waals surface area contributed by atoms with Gasteiger partial charge in [-0.15, -0.1) is 0 Å². The van der Waals surface area contributed by atoms with Crippen LogP contribution in [0.5, 0.6) is 0 Å². The number of carbonyl (C=O) groups is 2. The molecule has 0 radical (unpaired) electrons. The molecule has 3 nitrogen and oxygen atoms in total. The number of ketones is 1. The van der Waals surface area contributed by atoms with E-state index >= 15 is 0 Å². The Morgan fingerprint density at radius 3 is 3.00 bits per heavy atom. The lowest BCUT2D eigenvalue weighted by Crippen LogP contribution is -2.29. The van der Waals surface area contributed by atoms with Gasteiger partial charge >= 0.3 is 5.97 Å². The third-order valence-electron chi connectivity index (χ3n) is 3.06. The molecule has 0 saturated heterocycles. The highest BCUT2D eigenvalue weighted by Gasteiger charge is 2.33. The number of hydrogen-bond acceptors (Lipinski definition) is 3. The summed E-state index contributed by atoms with van der Waals surface area (Å²) in [6.45, 7) is 0. The van der Waals surface area contributed by atoms with Crippen molar-refractivity contribution in [2.24, 2.45) is 5.92 Å². The molecule has 84 valence electrons. The van der Waals surface area contributed by atoms with E-state index in [4.69, 9.17) is 0 Å². The first kappa shape index (κ1) is 10.9. The van der Waals surface area contributed by atoms with Gasteiger partial charge in [-0.2, -0.15) is 0 Å². The van der Waals surface area contributed by atoms with Gasteiger partial charge in [-0.25, -0.2) is 0 Å². The minimum Gasteiger partial charge on any atom is -0.468 e. The van der Waals surface area contributed by atoms with E-state index in [9.17, 15) is 9.59 Å². The van der Waals surface area contributed by atoms with Crippen molar-refractivity contribution in [3.8, 4) is 0 Å². The molecule has 1 atom stereocenters. The van der Waals surface area contributed by atoms with Crippen LogP contribution in [0.1, 0.15) is 19.3 Å². The zero-order valence-electron chi connectivity index (χ0n) is 9.23. The van der Waals surface area contributed by atoms with Crippen LogP contribution < -0.4 is 0 Å². The summed E-state index contributed by atoms with van der Waals surface area (Å²) in [6.07, 6.45) is 9.79. The fraction of sp³-hybridized carbons (Fsp3) is 0.385. The summed E-state index contributed by atoms with van der Waals surface area (Å²) in [6, 6.07) is 0. The highest BCUT2D eigenvalue weighted by molar-refractivity contribution is 6.11. The smallest absolute Gasteiger partial charge is 0.316 e. The minimum atomic E-state index is -0.605. The monoisotopic (exact) mass is 218 g/mol. The Bertz CT molecular complexity index is 413. The third-order valence-corrected chi connectivity index (χ3v) is 3.06. The van der Waals surface area contributed by atoms with E-state index in [1.807, 2.05) is 18.2 Å². The van der Waals surface area contributed by atoms with Crippen molar-refractivity contribution >= 4 is 11.8 Å². The highest BCUT2D eigenvalue weighted by Crippen LogP contribution is 2.31. The van der Waals surface area contributed by atoms with Crippen LogP contribution in [-0.2, 0) is 14.3 Å². The van der Waals surface area contributed by atoms with Crippen LogP contribution in [0.2, 0.25) is 0 Å². The van der Waals surface area contributed by atoms with E-state index in [2.05, 4.69) is 4.74 Å². The van der Waals surface area contributed by atoms with Crippen molar-refractivity contribution in [1.82, 2.24) is 0 Å². The van der Waals surface area contributed by atoms with Crippen LogP contribution in [0.4, 0.5) is 0 Å². The van der Waals surface area contributed by atoms with E-state index in [1.54, 1.807) is 6.08 Å². The van der Waals surface area contributed by atoms with Gasteiger partial charge in [0.15, 0.2) is 5.78 Å². The van der Waals surface area contributed by atoms with Crippen LogP contribution in [0.25, 0.3) is 0 Å². The zero-order chi connectivity index (χ0) is 11.5. The number of rotatable bonds is 1. The molecular weight excluding hydrogens is 204 g/mol. The molecule has 2 rings (SSSR count). The van der Waals surface area contributed by atoms with Crippen molar-refractivity contribution in [3.05, 3.63) is 35.5 Å². The Morgan fingerprint density at radius 2 is 2.25 bits per heavy atom. The SMILES string of the molecule is COC(=O)C1CCC2=C(C=CC=CC2)C1=O. The lowest BCUT2D eigenvalue weighted by molar-refractivity contribution is -0.148. The molecule has 0 spiro atoms. The Labute approximate surface area is 94.5 Å². The summed E-state index contributed by atoms with van der Waals surface area (Å²) in [5, 5.41) is 0. The maximum Gasteiger partial charge on any atom is 0.316 e. The Morgan fingerprint density at radius 1 is 1.44 bits per heavy atom. The Hall–Kier alpha value is -1.64. The summed E-state index contributed by atoms with van der Waals surface area (Å²) in [5.74, 6) is -1.11. The zero-order valence-corrected chi connectivity index (χ0v) is 9.23. The van der Waals surface area contributed by atoms with Crippen LogP contribution in [-0.4, -0.2) is 18.9 Å². The molecule has 0 heterocycles. The molecule has 2 aliphatic carbocycles. The molecular formula is C13H14O3. The summed E-state index contributed by atoms with van der Waals surface area (Å²) in [7, 11) is 1.32. The molecule has 0 fully saturated rings. The predicted octanol–water partition coefficient (Wildman–Crippen LogP) is 1.95. The van der Waals surface area contributed by atoms with Gasteiger partial charge < -0.3 is 4.74 Å². The van der Waals surface area contributed by atoms with Crippen molar-refractivity contribution in [1.29, 1.82) is 0 Å². The van der Waals surface area contributed by atoms with Crippen LogP contribution in [0, 0.1) is 5.92 Å². The largest absolute Gasteiger partial charge is 0.468 e. The molecule has 0 N–H and O–H groups in total. The fourth-order valence-corrected chi connectivity index (χ4v) is 2.17. The third kappa shape index (κ3) is 1.85. The van der Waals surface area contributed by atoms with Crippen LogP contribution in [0.3, 0.4) is 0 Å². The first-order valence-corrected chi connectivity index (χ1v) is 5.41. The molecule has 16 heavy (non-hydrogen) atoms. The molecule has 0 aromatic heterocycles. The first-order chi connectivity index (χ1) is 7.74. The Kier molecular flexibility index (Phi) is 3.04. The predicted molar refractivity (Wildman–Crippen MR) is 59.7 cm³/mol. The van der Waals surface area contributed by atoms with E-state index < -0.39 is 11.9 Å². The Balaban J connectivity index is 2.29. The summed E-state index contributed by atoms with van der Waals surface area (Å²) < 4.78 is 4.65. The molecule has 0 bridgehead atoms. The first-order valence-electron chi connectivity index (χ1n) is 5.41. The van der Waals surface area contributed by atoms with Gasteiger partial charge in [0.2, 0.25) is 0 Å². The van der Waals surface area contributed by atoms with E-state index in [0.29, 0.717) is 12.0 Å². The number of esters is 1. The second-order valence-corrected chi connectivity index (χ2v) is 3.99. The standard InChI is InChI=1S/C13H14O3/c1-16-13(15)11-8-7-9-5-3-2-4-6-10(9)12(11)14/h2-4,6,11H,5,7-8H2,1H3. The lowest BCUT2D eigenvalue weighted by Gasteiger charge is -2.22. The number of Topliss-reactive ketones (excluding diaryl/α,β-unsaturated/α-hetero) is 1. The quantitative estimate of drug-likeness (QED) is 0.499. The number of methoxy groups -OCH3 is 1. The highest BCUT2D eigenvalue weighted by atomic mass is 16.5. The van der Waals surface area contributed by atoms with Crippen molar-refractivity contribution in [3.63, 3.8) is 0 Å². The van der Waals surface area contributed by atoms with Gasteiger partial charge in [0.1, 0.15) is 5.92 Å². The topological polar surface area (TPSA) is 43.4 Å². The average Bonchev–Trinajstić information content (AvgIpc) is 2.54. The average molecular weight is 218 g/mol. The van der Waals surface area contributed by atoms with Crippen molar-refractivity contribution < 1.29 is 14.3 Å². The molecule has 2 aliphatic rings. The number of allylic oxidation sites excluding steroid dienone is 6. The van der Waals surface area contributed by atoms with Gasteiger partial charge in [0.05, 0.1) is 7.11 Å². The molecule has 0 aromatic rings. The van der Waals surface area contributed by atoms with Gasteiger partial charge in [0.25, 0.3) is 0 Å². The second kappa shape index (κ2) is 4.47. The van der Waals surface area contributed by atoms with E-state index in [1.165, 1.54) is 7.11 Å². The summed E-state index contributed by atoms with van der Waals surface area (Å²) in [4.78, 5) is 23.5. The summed E-state index contributed by atoms with van der Waals surface area (Å²) in [5.41, 5.74) is 1.84. The van der Waals surface area contributed by atoms with E-state index in [0.717, 1.165) is 18.4 Å². The maximum absolute atomic E-state index is 12.1. The number of ether oxygens (including phenoxy) is 1. The molecule has 0 saturated carbocycles. The molecule has 0 aliphatic heterocycles. The number of carbonyl (C=O) groups excluding carboxylic acids is 2. The maximum atomic E-state index is 12.1. The van der Waals surface area contributed by atoms with Crippen molar-refractivity contribution in [2.45, 2.75) is 19.3 Å². The van der Waals surface area contributed by atoms with E-state index in [-0.39, 0.29) is 5.78 Å².